The molecule has 114 valence electrons. The molecule has 0 radical (unpaired) electrons. The Hall–Kier alpha value is -1.57. The van der Waals surface area contributed by atoms with Gasteiger partial charge in [0, 0.05) is 19.5 Å². The summed E-state index contributed by atoms with van der Waals surface area (Å²) in [5, 5.41) is 18.1. The lowest BCUT2D eigenvalue weighted by atomic mass is 9.79. The number of carbonyl (C=O) groups is 2. The highest BCUT2D eigenvalue weighted by molar-refractivity contribution is 5.85. The molecule has 5 heteroatoms. The monoisotopic (exact) mass is 282 g/mol. The van der Waals surface area contributed by atoms with E-state index >= 15 is 0 Å². The first-order chi connectivity index (χ1) is 9.32. The smallest absolute Gasteiger partial charge is 0.310 e. The molecular weight excluding hydrogens is 256 g/mol. The van der Waals surface area contributed by atoms with E-state index in [0.29, 0.717) is 31.8 Å². The molecule has 0 aliphatic carbocycles. The Morgan fingerprint density at radius 2 is 1.85 bits per heavy atom. The standard InChI is InChI=1S/C15H26N2O3/c1-5-15(6-2,14(19)20)10-13(18)17(9-7-8-16)11-12(3)4/h12H,5-7,9-11H2,1-4H3,(H,19,20). The van der Waals surface area contributed by atoms with Gasteiger partial charge in [-0.1, -0.05) is 27.7 Å². The Morgan fingerprint density at radius 3 is 2.20 bits per heavy atom. The molecule has 0 unspecified atom stereocenters. The average molecular weight is 282 g/mol. The van der Waals surface area contributed by atoms with Crippen molar-refractivity contribution in [3.05, 3.63) is 0 Å². The number of aliphatic carboxylic acids is 1. The zero-order chi connectivity index (χ0) is 15.8. The quantitative estimate of drug-likeness (QED) is 0.705. The van der Waals surface area contributed by atoms with Gasteiger partial charge in [0.15, 0.2) is 0 Å². The summed E-state index contributed by atoms with van der Waals surface area (Å²) in [6, 6.07) is 2.03. The van der Waals surface area contributed by atoms with Gasteiger partial charge in [-0.25, -0.2) is 0 Å². The molecular formula is C15H26N2O3. The Labute approximate surface area is 121 Å². The zero-order valence-corrected chi connectivity index (χ0v) is 13.0. The molecule has 20 heavy (non-hydrogen) atoms. The van der Waals surface area contributed by atoms with Crippen LogP contribution in [0.25, 0.3) is 0 Å². The Kier molecular flexibility index (Phi) is 7.90. The molecule has 1 amide bonds. The number of nitrogens with zero attached hydrogens (tertiary/aromatic N) is 2. The van der Waals surface area contributed by atoms with Crippen molar-refractivity contribution in [1.82, 2.24) is 4.90 Å². The molecule has 5 nitrogen and oxygen atoms in total. The second kappa shape index (κ2) is 8.57. The summed E-state index contributed by atoms with van der Waals surface area (Å²) in [4.78, 5) is 25.5. The first-order valence-corrected chi connectivity index (χ1v) is 7.21. The minimum absolute atomic E-state index is 0.00742. The Bertz CT molecular complexity index is 368. The number of carbonyl (C=O) groups excluding carboxylic acids is 1. The van der Waals surface area contributed by atoms with Crippen molar-refractivity contribution in [3.63, 3.8) is 0 Å². The van der Waals surface area contributed by atoms with Crippen molar-refractivity contribution in [2.75, 3.05) is 13.1 Å². The number of carboxylic acid groups (broad SMARTS) is 1. The summed E-state index contributed by atoms with van der Waals surface area (Å²) in [6.45, 7) is 8.52. The molecule has 0 aromatic rings. The molecule has 0 rings (SSSR count). The van der Waals surface area contributed by atoms with E-state index in [1.54, 1.807) is 18.7 Å². The van der Waals surface area contributed by atoms with Gasteiger partial charge in [0.2, 0.25) is 5.91 Å². The predicted molar refractivity (Wildman–Crippen MR) is 76.9 cm³/mol. The van der Waals surface area contributed by atoms with E-state index in [4.69, 9.17) is 5.26 Å². The summed E-state index contributed by atoms with van der Waals surface area (Å²) in [5.41, 5.74) is -0.987. The topological polar surface area (TPSA) is 81.4 Å². The molecule has 0 aliphatic heterocycles. The maximum absolute atomic E-state index is 12.4. The third-order valence-corrected chi connectivity index (χ3v) is 3.73. The minimum atomic E-state index is -0.987. The van der Waals surface area contributed by atoms with E-state index in [1.807, 2.05) is 19.9 Å². The van der Waals surface area contributed by atoms with Crippen LogP contribution in [0.5, 0.6) is 0 Å². The summed E-state index contributed by atoms with van der Waals surface area (Å²) in [7, 11) is 0. The van der Waals surface area contributed by atoms with E-state index in [0.717, 1.165) is 0 Å². The summed E-state index contributed by atoms with van der Waals surface area (Å²) < 4.78 is 0. The van der Waals surface area contributed by atoms with Crippen molar-refractivity contribution in [3.8, 4) is 6.07 Å². The third-order valence-electron chi connectivity index (χ3n) is 3.73. The van der Waals surface area contributed by atoms with Crippen LogP contribution in [0.15, 0.2) is 0 Å². The van der Waals surface area contributed by atoms with Gasteiger partial charge in [0.1, 0.15) is 0 Å². The average Bonchev–Trinajstić information content (AvgIpc) is 2.39. The van der Waals surface area contributed by atoms with Gasteiger partial charge in [-0.3, -0.25) is 9.59 Å². The summed E-state index contributed by atoms with van der Waals surface area (Å²) in [6.07, 6.45) is 1.14. The van der Waals surface area contributed by atoms with E-state index in [2.05, 4.69) is 0 Å². The normalized spacial score (nSPS) is 11.2. The first kappa shape index (κ1) is 18.4. The van der Waals surface area contributed by atoms with Crippen LogP contribution in [0.1, 0.15) is 53.4 Å². The fraction of sp³-hybridized carbons (Fsp3) is 0.800. The Morgan fingerprint density at radius 1 is 1.30 bits per heavy atom. The van der Waals surface area contributed by atoms with Gasteiger partial charge in [-0.2, -0.15) is 5.26 Å². The fourth-order valence-corrected chi connectivity index (χ4v) is 2.22. The maximum Gasteiger partial charge on any atom is 0.310 e. The van der Waals surface area contributed by atoms with E-state index in [1.165, 1.54) is 0 Å². The van der Waals surface area contributed by atoms with Gasteiger partial charge in [0.05, 0.1) is 17.9 Å². The van der Waals surface area contributed by atoms with Crippen molar-refractivity contribution >= 4 is 11.9 Å². The number of hydrogen-bond acceptors (Lipinski definition) is 3. The molecule has 0 spiro atoms. The second-order valence-corrected chi connectivity index (χ2v) is 5.61. The number of carboxylic acids is 1. The molecule has 0 aromatic carbocycles. The van der Waals surface area contributed by atoms with Crippen molar-refractivity contribution in [2.45, 2.75) is 53.4 Å². The lowest BCUT2D eigenvalue weighted by Gasteiger charge is -2.30. The largest absolute Gasteiger partial charge is 0.481 e. The van der Waals surface area contributed by atoms with E-state index < -0.39 is 11.4 Å². The van der Waals surface area contributed by atoms with Crippen LogP contribution in [0.4, 0.5) is 0 Å². The van der Waals surface area contributed by atoms with Crippen LogP contribution in [0, 0.1) is 22.7 Å². The number of rotatable bonds is 9. The maximum atomic E-state index is 12.4. The van der Waals surface area contributed by atoms with Crippen LogP contribution in [0.2, 0.25) is 0 Å². The van der Waals surface area contributed by atoms with Gasteiger partial charge < -0.3 is 10.0 Å². The number of amides is 1. The minimum Gasteiger partial charge on any atom is -0.481 e. The summed E-state index contributed by atoms with van der Waals surface area (Å²) >= 11 is 0. The first-order valence-electron chi connectivity index (χ1n) is 7.21. The highest BCUT2D eigenvalue weighted by Crippen LogP contribution is 2.31. The molecule has 0 saturated carbocycles. The van der Waals surface area contributed by atoms with Crippen LogP contribution < -0.4 is 0 Å². The van der Waals surface area contributed by atoms with Gasteiger partial charge >= 0.3 is 5.97 Å². The second-order valence-electron chi connectivity index (χ2n) is 5.61. The van der Waals surface area contributed by atoms with E-state index in [9.17, 15) is 14.7 Å². The number of hydrogen-bond donors (Lipinski definition) is 1. The lowest BCUT2D eigenvalue weighted by Crippen LogP contribution is -2.41. The Balaban J connectivity index is 4.96. The fourth-order valence-electron chi connectivity index (χ4n) is 2.22. The van der Waals surface area contributed by atoms with Crippen LogP contribution in [-0.2, 0) is 9.59 Å². The highest BCUT2D eigenvalue weighted by atomic mass is 16.4. The zero-order valence-electron chi connectivity index (χ0n) is 13.0. The molecule has 0 aromatic heterocycles. The SMILES string of the molecule is CCC(CC)(CC(=O)N(CCC#N)CC(C)C)C(=O)O. The van der Waals surface area contributed by atoms with Crippen molar-refractivity contribution < 1.29 is 14.7 Å². The summed E-state index contributed by atoms with van der Waals surface area (Å²) in [5.74, 6) is -0.791. The van der Waals surface area contributed by atoms with Gasteiger partial charge in [-0.15, -0.1) is 0 Å². The third kappa shape index (κ3) is 5.20. The van der Waals surface area contributed by atoms with E-state index in [-0.39, 0.29) is 18.7 Å². The molecule has 0 atom stereocenters. The molecule has 0 bridgehead atoms. The number of nitriles is 1. The molecule has 0 fully saturated rings. The molecule has 1 N–H and O–H groups in total. The molecule has 0 heterocycles. The van der Waals surface area contributed by atoms with Crippen LogP contribution in [0.3, 0.4) is 0 Å². The predicted octanol–water partition coefficient (Wildman–Crippen LogP) is 2.67. The van der Waals surface area contributed by atoms with Crippen LogP contribution in [-0.4, -0.2) is 35.0 Å². The molecule has 0 saturated heterocycles. The molecule has 0 aliphatic rings. The van der Waals surface area contributed by atoms with Crippen LogP contribution >= 0.6 is 0 Å². The van der Waals surface area contributed by atoms with Gasteiger partial charge in [-0.05, 0) is 18.8 Å². The highest BCUT2D eigenvalue weighted by Gasteiger charge is 2.38. The van der Waals surface area contributed by atoms with Crippen molar-refractivity contribution in [2.24, 2.45) is 11.3 Å². The van der Waals surface area contributed by atoms with Gasteiger partial charge in [0.25, 0.3) is 0 Å². The van der Waals surface area contributed by atoms with Crippen molar-refractivity contribution in [1.29, 1.82) is 5.26 Å². The lowest BCUT2D eigenvalue weighted by molar-refractivity contribution is -0.154.